The van der Waals surface area contributed by atoms with Crippen LogP contribution < -0.4 is 15.8 Å². The molecule has 0 radical (unpaired) electrons. The molecule has 1 atom stereocenters. The Morgan fingerprint density at radius 3 is 2.80 bits per heavy atom. The van der Waals surface area contributed by atoms with Crippen LogP contribution in [0.2, 0.25) is 0 Å². The predicted molar refractivity (Wildman–Crippen MR) is 97.7 cm³/mol. The Balaban J connectivity index is 1.49. The number of carbonyl (C=O) groups excluding carboxylic acids is 1. The van der Waals surface area contributed by atoms with Gasteiger partial charge in [-0.1, -0.05) is 18.2 Å². The summed E-state index contributed by atoms with van der Waals surface area (Å²) in [5.74, 6) is 0.224. The Morgan fingerprint density at radius 1 is 1.32 bits per heavy atom. The van der Waals surface area contributed by atoms with E-state index < -0.39 is 6.09 Å². The van der Waals surface area contributed by atoms with Crippen molar-refractivity contribution in [1.29, 1.82) is 0 Å². The van der Waals surface area contributed by atoms with Gasteiger partial charge in [0.25, 0.3) is 6.02 Å². The monoisotopic (exact) mass is 404 g/mol. The number of hydrogen-bond acceptors (Lipinski definition) is 6. The number of benzene rings is 1. The third-order valence-electron chi connectivity index (χ3n) is 3.59. The first-order valence-corrected chi connectivity index (χ1v) is 8.54. The summed E-state index contributed by atoms with van der Waals surface area (Å²) in [7, 11) is 0. The van der Waals surface area contributed by atoms with Gasteiger partial charge in [-0.15, -0.1) is 0 Å². The Kier molecular flexibility index (Phi) is 5.49. The maximum absolute atomic E-state index is 11.9. The largest absolute Gasteiger partial charge is 0.463 e. The topological polar surface area (TPSA) is 98.8 Å². The van der Waals surface area contributed by atoms with Crippen molar-refractivity contribution in [3.05, 3.63) is 52.6 Å². The van der Waals surface area contributed by atoms with E-state index in [1.807, 2.05) is 24.3 Å². The Hall–Kier alpha value is -2.61. The van der Waals surface area contributed by atoms with Gasteiger partial charge in [-0.2, -0.15) is 0 Å². The molecule has 0 saturated carbocycles. The van der Waals surface area contributed by atoms with Crippen LogP contribution in [0.3, 0.4) is 0 Å². The molecule has 130 valence electrons. The molecule has 1 aliphatic rings. The third kappa shape index (κ3) is 5.18. The molecule has 3 N–H and O–H groups in total. The highest BCUT2D eigenvalue weighted by Crippen LogP contribution is 2.16. The van der Waals surface area contributed by atoms with E-state index in [0.29, 0.717) is 16.9 Å². The van der Waals surface area contributed by atoms with Crippen LogP contribution in [0.4, 0.5) is 10.5 Å². The molecule has 1 amide bonds. The highest BCUT2D eigenvalue weighted by molar-refractivity contribution is 9.10. The van der Waals surface area contributed by atoms with E-state index in [0.717, 1.165) is 18.4 Å². The second-order valence-corrected chi connectivity index (χ2v) is 6.29. The van der Waals surface area contributed by atoms with Gasteiger partial charge in [-0.25, -0.2) is 14.8 Å². The first-order valence-electron chi connectivity index (χ1n) is 7.75. The van der Waals surface area contributed by atoms with Crippen LogP contribution >= 0.6 is 15.9 Å². The summed E-state index contributed by atoms with van der Waals surface area (Å²) in [4.78, 5) is 20.1. The molecule has 25 heavy (non-hydrogen) atoms. The van der Waals surface area contributed by atoms with Crippen molar-refractivity contribution in [3.63, 3.8) is 0 Å². The van der Waals surface area contributed by atoms with Gasteiger partial charge in [-0.3, -0.25) is 5.32 Å². The number of nitrogens with zero attached hydrogens (tertiary/aromatic N) is 2. The van der Waals surface area contributed by atoms with E-state index in [4.69, 9.17) is 15.2 Å². The Morgan fingerprint density at radius 2 is 2.12 bits per heavy atom. The van der Waals surface area contributed by atoms with Gasteiger partial charge in [0.1, 0.15) is 11.2 Å². The fraction of sp³-hybridized carbons (Fsp3) is 0.235. The number of ether oxygens (including phenoxy) is 2. The van der Waals surface area contributed by atoms with Crippen molar-refractivity contribution >= 4 is 33.7 Å². The number of aromatic nitrogens is 1. The molecule has 1 aromatic carbocycles. The van der Waals surface area contributed by atoms with Crippen LogP contribution in [0, 0.1) is 0 Å². The van der Waals surface area contributed by atoms with Crippen molar-refractivity contribution in [2.75, 3.05) is 11.9 Å². The summed E-state index contributed by atoms with van der Waals surface area (Å²) in [6, 6.07) is 13.0. The first-order chi connectivity index (χ1) is 12.1. The van der Waals surface area contributed by atoms with Gasteiger partial charge in [0, 0.05) is 11.8 Å². The Labute approximate surface area is 153 Å². The number of nitrogens with two attached hydrogens (primary N) is 1. The maximum Gasteiger partial charge on any atom is 0.418 e. The number of rotatable bonds is 5. The molecule has 1 aliphatic heterocycles. The fourth-order valence-electron chi connectivity index (χ4n) is 2.36. The smallest absolute Gasteiger partial charge is 0.418 e. The summed E-state index contributed by atoms with van der Waals surface area (Å²) in [5, 5.41) is 2.67. The van der Waals surface area contributed by atoms with Crippen LogP contribution in [0.25, 0.3) is 0 Å². The maximum atomic E-state index is 11.9. The van der Waals surface area contributed by atoms with E-state index in [1.54, 1.807) is 18.2 Å². The van der Waals surface area contributed by atoms with Gasteiger partial charge >= 0.3 is 6.09 Å². The normalized spacial score (nSPS) is 16.0. The molecule has 0 aliphatic carbocycles. The lowest BCUT2D eigenvalue weighted by Crippen LogP contribution is -2.17. The number of amidine groups is 1. The van der Waals surface area contributed by atoms with E-state index >= 15 is 0 Å². The molecule has 0 bridgehead atoms. The second kappa shape index (κ2) is 7.98. The number of nitrogens with one attached hydrogen (secondary N) is 1. The SMILES string of the molecule is NC1=N[C@@H](CCc2ccc(NC(=O)Oc3cccc(Br)n3)cc2)CO1. The highest BCUT2D eigenvalue weighted by Gasteiger charge is 2.16. The lowest BCUT2D eigenvalue weighted by molar-refractivity contribution is 0.213. The zero-order chi connectivity index (χ0) is 17.6. The molecule has 8 heteroatoms. The van der Waals surface area contributed by atoms with Crippen LogP contribution in [0.15, 0.2) is 52.1 Å². The van der Waals surface area contributed by atoms with Crippen LogP contribution in [0.5, 0.6) is 5.88 Å². The van der Waals surface area contributed by atoms with E-state index in [2.05, 4.69) is 31.2 Å². The molecular formula is C17H17BrN4O3. The minimum absolute atomic E-state index is 0.116. The predicted octanol–water partition coefficient (Wildman–Crippen LogP) is 3.10. The number of amides is 1. The zero-order valence-electron chi connectivity index (χ0n) is 13.3. The standard InChI is InChI=1S/C17H17BrN4O3/c18-14-2-1-3-15(22-14)25-17(23)21-12-7-4-11(5-8-12)6-9-13-10-24-16(19)20-13/h1-5,7-8,13H,6,9-10H2,(H2,19,20)(H,21,23)/t13-/m0/s1. The Bertz CT molecular complexity index is 780. The van der Waals surface area contributed by atoms with Gasteiger partial charge < -0.3 is 15.2 Å². The fourth-order valence-corrected chi connectivity index (χ4v) is 2.68. The summed E-state index contributed by atoms with van der Waals surface area (Å²) in [6.07, 6.45) is 1.13. The summed E-state index contributed by atoms with van der Waals surface area (Å²) in [6.45, 7) is 0.543. The van der Waals surface area contributed by atoms with Crippen molar-refractivity contribution in [3.8, 4) is 5.88 Å². The number of anilines is 1. The summed E-state index contributed by atoms with van der Waals surface area (Å²) < 4.78 is 10.9. The molecule has 7 nitrogen and oxygen atoms in total. The van der Waals surface area contributed by atoms with E-state index in [-0.39, 0.29) is 17.9 Å². The molecule has 0 fully saturated rings. The van der Waals surface area contributed by atoms with E-state index in [1.165, 1.54) is 0 Å². The summed E-state index contributed by atoms with van der Waals surface area (Å²) >= 11 is 3.22. The second-order valence-electron chi connectivity index (χ2n) is 5.48. The molecule has 3 rings (SSSR count). The lowest BCUT2D eigenvalue weighted by atomic mass is 10.1. The average molecular weight is 405 g/mol. The quantitative estimate of drug-likeness (QED) is 0.745. The molecule has 1 aromatic heterocycles. The van der Waals surface area contributed by atoms with Gasteiger partial charge in [0.15, 0.2) is 0 Å². The van der Waals surface area contributed by atoms with Gasteiger partial charge in [0.05, 0.1) is 6.04 Å². The van der Waals surface area contributed by atoms with E-state index in [9.17, 15) is 4.79 Å². The number of hydrogen-bond donors (Lipinski definition) is 2. The van der Waals surface area contributed by atoms with Crippen LogP contribution in [0.1, 0.15) is 12.0 Å². The zero-order valence-corrected chi connectivity index (χ0v) is 14.9. The molecule has 2 heterocycles. The average Bonchev–Trinajstić information content (AvgIpc) is 2.99. The molecule has 0 spiro atoms. The minimum atomic E-state index is -0.591. The van der Waals surface area contributed by atoms with Gasteiger partial charge in [0.2, 0.25) is 5.88 Å². The lowest BCUT2D eigenvalue weighted by Gasteiger charge is -2.08. The summed E-state index contributed by atoms with van der Waals surface area (Å²) in [5.41, 5.74) is 7.29. The number of carbonyl (C=O) groups is 1. The van der Waals surface area contributed by atoms with Gasteiger partial charge in [-0.05, 0) is 52.5 Å². The molecular weight excluding hydrogens is 388 g/mol. The van der Waals surface area contributed by atoms with Crippen molar-refractivity contribution in [2.24, 2.45) is 10.7 Å². The van der Waals surface area contributed by atoms with Crippen molar-refractivity contribution in [2.45, 2.75) is 18.9 Å². The number of aryl methyl sites for hydroxylation is 1. The molecule has 0 saturated heterocycles. The van der Waals surface area contributed by atoms with Crippen molar-refractivity contribution in [1.82, 2.24) is 4.98 Å². The third-order valence-corrected chi connectivity index (χ3v) is 4.03. The van der Waals surface area contributed by atoms with Crippen LogP contribution in [-0.4, -0.2) is 29.7 Å². The molecule has 0 unspecified atom stereocenters. The number of pyridine rings is 1. The highest BCUT2D eigenvalue weighted by atomic mass is 79.9. The number of aliphatic imine (C=N–C) groups is 1. The van der Waals surface area contributed by atoms with Crippen molar-refractivity contribution < 1.29 is 14.3 Å². The molecule has 2 aromatic rings. The first kappa shape index (κ1) is 17.2. The van der Waals surface area contributed by atoms with Crippen LogP contribution in [-0.2, 0) is 11.2 Å². The minimum Gasteiger partial charge on any atom is -0.463 e. The number of halogens is 1.